The van der Waals surface area contributed by atoms with Crippen molar-refractivity contribution in [3.05, 3.63) is 54.5 Å². The summed E-state index contributed by atoms with van der Waals surface area (Å²) >= 11 is 0. The SMILES string of the molecule is CC(C)N(C)C(=O)COC(=O)C(=Cc1ccco1)n1nnnc1-c1ccccc1. The lowest BCUT2D eigenvalue weighted by molar-refractivity contribution is -0.147. The average molecular weight is 395 g/mol. The van der Waals surface area contributed by atoms with E-state index in [1.165, 1.54) is 21.9 Å². The van der Waals surface area contributed by atoms with E-state index in [0.29, 0.717) is 17.1 Å². The van der Waals surface area contributed by atoms with Crippen LogP contribution < -0.4 is 0 Å². The molecule has 150 valence electrons. The molecule has 9 heteroatoms. The zero-order valence-corrected chi connectivity index (χ0v) is 16.3. The number of carbonyl (C=O) groups excluding carboxylic acids is 2. The van der Waals surface area contributed by atoms with Crippen LogP contribution in [0.4, 0.5) is 0 Å². The molecule has 3 rings (SSSR count). The zero-order chi connectivity index (χ0) is 20.8. The molecule has 0 spiro atoms. The Labute approximate surface area is 167 Å². The van der Waals surface area contributed by atoms with E-state index < -0.39 is 12.6 Å². The second-order valence-corrected chi connectivity index (χ2v) is 6.50. The number of likely N-dealkylation sites (N-methyl/N-ethyl adjacent to an activating group) is 1. The van der Waals surface area contributed by atoms with E-state index in [9.17, 15) is 9.59 Å². The molecule has 0 N–H and O–H groups in total. The van der Waals surface area contributed by atoms with Gasteiger partial charge >= 0.3 is 5.97 Å². The Kier molecular flexibility index (Phi) is 6.18. The Morgan fingerprint density at radius 2 is 1.97 bits per heavy atom. The predicted molar refractivity (Wildman–Crippen MR) is 105 cm³/mol. The molecule has 29 heavy (non-hydrogen) atoms. The van der Waals surface area contributed by atoms with Crippen molar-refractivity contribution in [3.63, 3.8) is 0 Å². The normalized spacial score (nSPS) is 11.5. The number of rotatable bonds is 7. The number of benzene rings is 1. The minimum atomic E-state index is -0.753. The smallest absolute Gasteiger partial charge is 0.357 e. The van der Waals surface area contributed by atoms with E-state index in [1.807, 2.05) is 44.2 Å². The Morgan fingerprint density at radius 1 is 1.21 bits per heavy atom. The zero-order valence-electron chi connectivity index (χ0n) is 16.3. The Balaban J connectivity index is 1.91. The fourth-order valence-corrected chi connectivity index (χ4v) is 2.42. The van der Waals surface area contributed by atoms with E-state index in [0.717, 1.165) is 0 Å². The first-order valence-corrected chi connectivity index (χ1v) is 8.99. The first-order chi connectivity index (χ1) is 14.0. The highest BCUT2D eigenvalue weighted by Crippen LogP contribution is 2.21. The summed E-state index contributed by atoms with van der Waals surface area (Å²) in [4.78, 5) is 26.5. The van der Waals surface area contributed by atoms with Crippen LogP contribution in [0.2, 0.25) is 0 Å². The molecule has 2 heterocycles. The van der Waals surface area contributed by atoms with Crippen LogP contribution in [0.15, 0.2) is 53.1 Å². The lowest BCUT2D eigenvalue weighted by Crippen LogP contribution is -2.36. The largest absolute Gasteiger partial charge is 0.465 e. The summed E-state index contributed by atoms with van der Waals surface area (Å²) in [6.45, 7) is 3.34. The molecule has 0 aliphatic rings. The maximum atomic E-state index is 12.8. The molecule has 0 unspecified atom stereocenters. The summed E-state index contributed by atoms with van der Waals surface area (Å²) < 4.78 is 11.8. The Bertz CT molecular complexity index is 993. The number of furan rings is 1. The van der Waals surface area contributed by atoms with Crippen LogP contribution in [0, 0.1) is 0 Å². The Morgan fingerprint density at radius 3 is 2.62 bits per heavy atom. The molecule has 0 saturated heterocycles. The molecule has 2 aromatic heterocycles. The number of hydrogen-bond donors (Lipinski definition) is 0. The number of carbonyl (C=O) groups is 2. The van der Waals surface area contributed by atoms with Crippen molar-refractivity contribution in [2.75, 3.05) is 13.7 Å². The van der Waals surface area contributed by atoms with Gasteiger partial charge in [-0.1, -0.05) is 30.3 Å². The molecule has 0 atom stereocenters. The van der Waals surface area contributed by atoms with Gasteiger partial charge in [0.2, 0.25) is 0 Å². The van der Waals surface area contributed by atoms with E-state index in [-0.39, 0.29) is 17.6 Å². The van der Waals surface area contributed by atoms with Gasteiger partial charge in [0.15, 0.2) is 18.1 Å². The third kappa shape index (κ3) is 4.75. The van der Waals surface area contributed by atoms with Gasteiger partial charge in [0.1, 0.15) is 5.76 Å². The molecule has 0 fully saturated rings. The molecule has 9 nitrogen and oxygen atoms in total. The summed E-state index contributed by atoms with van der Waals surface area (Å²) in [5.41, 5.74) is 0.732. The third-order valence-corrected chi connectivity index (χ3v) is 4.26. The summed E-state index contributed by atoms with van der Waals surface area (Å²) in [6, 6.07) is 12.5. The summed E-state index contributed by atoms with van der Waals surface area (Å²) in [5.74, 6) is -0.301. The molecular formula is C20H21N5O4. The van der Waals surface area contributed by atoms with E-state index in [1.54, 1.807) is 19.2 Å². The fraction of sp³-hybridized carbons (Fsp3) is 0.250. The highest BCUT2D eigenvalue weighted by molar-refractivity contribution is 6.15. The van der Waals surface area contributed by atoms with Gasteiger partial charge in [0.25, 0.3) is 5.91 Å². The minimum Gasteiger partial charge on any atom is -0.465 e. The molecule has 0 saturated carbocycles. The quantitative estimate of drug-likeness (QED) is 0.447. The molecule has 3 aromatic rings. The van der Waals surface area contributed by atoms with Gasteiger partial charge in [-0.05, 0) is 36.4 Å². The lowest BCUT2D eigenvalue weighted by Gasteiger charge is -2.21. The highest BCUT2D eigenvalue weighted by Gasteiger charge is 2.23. The van der Waals surface area contributed by atoms with Gasteiger partial charge in [0, 0.05) is 24.7 Å². The van der Waals surface area contributed by atoms with E-state index in [2.05, 4.69) is 15.5 Å². The van der Waals surface area contributed by atoms with Crippen LogP contribution in [-0.4, -0.2) is 56.7 Å². The number of nitrogens with zero attached hydrogens (tertiary/aromatic N) is 5. The lowest BCUT2D eigenvalue weighted by atomic mass is 10.2. The van der Waals surface area contributed by atoms with Crippen LogP contribution in [0.1, 0.15) is 19.6 Å². The predicted octanol–water partition coefficient (Wildman–Crippen LogP) is 2.34. The van der Waals surface area contributed by atoms with Gasteiger partial charge < -0.3 is 14.1 Å². The number of esters is 1. The van der Waals surface area contributed by atoms with E-state index >= 15 is 0 Å². The second-order valence-electron chi connectivity index (χ2n) is 6.50. The summed E-state index contributed by atoms with van der Waals surface area (Å²) in [6.07, 6.45) is 2.94. The van der Waals surface area contributed by atoms with Gasteiger partial charge in [0.05, 0.1) is 6.26 Å². The molecule has 1 amide bonds. The molecule has 0 aliphatic carbocycles. The maximum Gasteiger partial charge on any atom is 0.357 e. The van der Waals surface area contributed by atoms with E-state index in [4.69, 9.17) is 9.15 Å². The van der Waals surface area contributed by atoms with Crippen molar-refractivity contribution in [3.8, 4) is 11.4 Å². The highest BCUT2D eigenvalue weighted by atomic mass is 16.5. The van der Waals surface area contributed by atoms with Crippen molar-refractivity contribution in [2.45, 2.75) is 19.9 Å². The monoisotopic (exact) mass is 395 g/mol. The maximum absolute atomic E-state index is 12.8. The van der Waals surface area contributed by atoms with Crippen molar-refractivity contribution < 1.29 is 18.7 Å². The van der Waals surface area contributed by atoms with Crippen LogP contribution in [-0.2, 0) is 14.3 Å². The number of ether oxygens (including phenoxy) is 1. The van der Waals surface area contributed by atoms with Gasteiger partial charge in [-0.2, -0.15) is 4.68 Å². The van der Waals surface area contributed by atoms with Gasteiger partial charge in [-0.25, -0.2) is 4.79 Å². The van der Waals surface area contributed by atoms with Crippen molar-refractivity contribution >= 4 is 23.6 Å². The molecule has 0 bridgehead atoms. The number of tetrazole rings is 1. The van der Waals surface area contributed by atoms with Crippen LogP contribution in [0.25, 0.3) is 23.2 Å². The molecule has 1 aromatic carbocycles. The fourth-order valence-electron chi connectivity index (χ4n) is 2.42. The van der Waals surface area contributed by atoms with Crippen molar-refractivity contribution in [2.24, 2.45) is 0 Å². The average Bonchev–Trinajstić information content (AvgIpc) is 3.41. The minimum absolute atomic E-state index is 0.0106. The number of hydrogen-bond acceptors (Lipinski definition) is 7. The topological polar surface area (TPSA) is 103 Å². The molecule has 0 aliphatic heterocycles. The van der Waals surface area contributed by atoms with Crippen LogP contribution >= 0.6 is 0 Å². The summed E-state index contributed by atoms with van der Waals surface area (Å²) in [5, 5.41) is 11.6. The second kappa shape index (κ2) is 8.96. The summed E-state index contributed by atoms with van der Waals surface area (Å²) in [7, 11) is 1.65. The first-order valence-electron chi connectivity index (χ1n) is 8.99. The standard InChI is InChI=1S/C20H21N5O4/c1-14(2)24(3)18(26)13-29-20(27)17(12-16-10-7-11-28-16)25-19(21-22-23-25)15-8-5-4-6-9-15/h4-12,14H,13H2,1-3H3. The Hall–Kier alpha value is -3.75. The van der Waals surface area contributed by atoms with Crippen LogP contribution in [0.5, 0.6) is 0 Å². The number of amides is 1. The van der Waals surface area contributed by atoms with Gasteiger partial charge in [-0.15, -0.1) is 5.10 Å². The first kappa shape index (κ1) is 20.0. The molecule has 0 radical (unpaired) electrons. The molecular weight excluding hydrogens is 374 g/mol. The van der Waals surface area contributed by atoms with Crippen molar-refractivity contribution in [1.29, 1.82) is 0 Å². The van der Waals surface area contributed by atoms with Crippen molar-refractivity contribution in [1.82, 2.24) is 25.1 Å². The number of aromatic nitrogens is 4. The third-order valence-electron chi connectivity index (χ3n) is 4.26. The van der Waals surface area contributed by atoms with Crippen LogP contribution in [0.3, 0.4) is 0 Å². The van der Waals surface area contributed by atoms with Gasteiger partial charge in [-0.3, -0.25) is 4.79 Å².